The van der Waals surface area contributed by atoms with Crippen LogP contribution in [0.5, 0.6) is 0 Å². The summed E-state index contributed by atoms with van der Waals surface area (Å²) in [6, 6.07) is 9.42. The molecule has 0 bridgehead atoms. The molecule has 0 saturated heterocycles. The van der Waals surface area contributed by atoms with E-state index >= 15 is 0 Å². The predicted molar refractivity (Wildman–Crippen MR) is 100.0 cm³/mol. The van der Waals surface area contributed by atoms with E-state index in [1.807, 2.05) is 65.0 Å². The zero-order chi connectivity index (χ0) is 18.9. The lowest BCUT2D eigenvalue weighted by molar-refractivity contribution is -0.160. The summed E-state index contributed by atoms with van der Waals surface area (Å²) < 4.78 is 5.44. The molecule has 5 heteroatoms. The molecule has 1 rings (SSSR count). The number of hydrogen-bond acceptors (Lipinski definition) is 4. The first kappa shape index (κ1) is 21.2. The fourth-order valence-corrected chi connectivity index (χ4v) is 2.31. The van der Waals surface area contributed by atoms with Crippen LogP contribution in [0, 0.1) is 5.92 Å². The highest BCUT2D eigenvalue weighted by Gasteiger charge is 2.30. The number of carbonyl (C=O) groups excluding carboxylic acids is 2. The van der Waals surface area contributed by atoms with Gasteiger partial charge in [0, 0.05) is 19.5 Å². The van der Waals surface area contributed by atoms with E-state index in [9.17, 15) is 9.59 Å². The van der Waals surface area contributed by atoms with E-state index in [0.29, 0.717) is 13.0 Å². The second-order valence-electron chi connectivity index (χ2n) is 7.38. The Labute approximate surface area is 151 Å². The molecule has 0 fully saturated rings. The van der Waals surface area contributed by atoms with Crippen LogP contribution in [0.1, 0.15) is 53.0 Å². The van der Waals surface area contributed by atoms with Gasteiger partial charge >= 0.3 is 5.97 Å². The molecule has 0 aliphatic heterocycles. The first-order valence-electron chi connectivity index (χ1n) is 8.99. The minimum absolute atomic E-state index is 0.0241. The molecule has 0 aliphatic rings. The van der Waals surface area contributed by atoms with Crippen LogP contribution in [0.25, 0.3) is 0 Å². The molecule has 0 unspecified atom stereocenters. The summed E-state index contributed by atoms with van der Waals surface area (Å²) >= 11 is 0. The summed E-state index contributed by atoms with van der Waals surface area (Å²) in [6.07, 6.45) is 1.11. The van der Waals surface area contributed by atoms with Crippen molar-refractivity contribution in [1.29, 1.82) is 0 Å². The van der Waals surface area contributed by atoms with Crippen LogP contribution >= 0.6 is 0 Å². The number of nitrogens with one attached hydrogen (secondary N) is 2. The minimum atomic E-state index is -0.606. The molecule has 0 spiro atoms. The summed E-state index contributed by atoms with van der Waals surface area (Å²) in [5.41, 5.74) is 0.610. The summed E-state index contributed by atoms with van der Waals surface area (Å²) in [4.78, 5) is 24.6. The van der Waals surface area contributed by atoms with Gasteiger partial charge in [0.25, 0.3) is 0 Å². The van der Waals surface area contributed by atoms with Crippen molar-refractivity contribution in [3.05, 3.63) is 35.9 Å². The summed E-state index contributed by atoms with van der Waals surface area (Å²) in [5.74, 6) is -0.486. The van der Waals surface area contributed by atoms with E-state index in [1.54, 1.807) is 0 Å². The lowest BCUT2D eigenvalue weighted by atomic mass is 9.98. The van der Waals surface area contributed by atoms with Gasteiger partial charge in [0.2, 0.25) is 5.91 Å². The number of hydrogen-bond donors (Lipinski definition) is 2. The molecule has 2 N–H and O–H groups in total. The number of ether oxygens (including phenoxy) is 1. The van der Waals surface area contributed by atoms with Crippen molar-refractivity contribution < 1.29 is 14.3 Å². The number of esters is 1. The lowest BCUT2D eigenvalue weighted by Crippen LogP contribution is -2.48. The Morgan fingerprint density at radius 2 is 1.80 bits per heavy atom. The third-order valence-corrected chi connectivity index (χ3v) is 3.89. The van der Waals surface area contributed by atoms with Crippen molar-refractivity contribution in [2.45, 2.75) is 65.6 Å². The van der Waals surface area contributed by atoms with E-state index in [4.69, 9.17) is 4.74 Å². The van der Waals surface area contributed by atoms with Crippen molar-refractivity contribution >= 4 is 11.9 Å². The number of benzene rings is 1. The highest BCUT2D eigenvalue weighted by atomic mass is 16.6. The second kappa shape index (κ2) is 10.2. The molecule has 140 valence electrons. The van der Waals surface area contributed by atoms with Gasteiger partial charge in [-0.2, -0.15) is 0 Å². The van der Waals surface area contributed by atoms with Crippen LogP contribution in [-0.2, 0) is 20.9 Å². The largest absolute Gasteiger partial charge is 0.458 e. The molecule has 0 aliphatic carbocycles. The molecule has 5 nitrogen and oxygen atoms in total. The number of amides is 1. The van der Waals surface area contributed by atoms with Crippen LogP contribution in [0.4, 0.5) is 0 Å². The van der Waals surface area contributed by atoms with Crippen LogP contribution in [0.3, 0.4) is 0 Å². The van der Waals surface area contributed by atoms with Crippen molar-refractivity contribution in [3.63, 3.8) is 0 Å². The van der Waals surface area contributed by atoms with Gasteiger partial charge in [0.05, 0.1) is 0 Å². The van der Waals surface area contributed by atoms with Gasteiger partial charge in [0.1, 0.15) is 11.6 Å². The van der Waals surface area contributed by atoms with Crippen molar-refractivity contribution in [2.24, 2.45) is 5.92 Å². The van der Waals surface area contributed by atoms with Gasteiger partial charge in [-0.1, -0.05) is 50.6 Å². The van der Waals surface area contributed by atoms with E-state index in [1.165, 1.54) is 5.56 Å². The molecule has 0 aromatic heterocycles. The molecule has 0 heterocycles. The average Bonchev–Trinajstić information content (AvgIpc) is 2.55. The normalized spacial score (nSPS) is 13.8. The first-order valence-corrected chi connectivity index (χ1v) is 8.99. The Bertz CT molecular complexity index is 538. The van der Waals surface area contributed by atoms with Gasteiger partial charge < -0.3 is 15.4 Å². The third-order valence-electron chi connectivity index (χ3n) is 3.89. The number of rotatable bonds is 9. The monoisotopic (exact) mass is 348 g/mol. The van der Waals surface area contributed by atoms with Crippen LogP contribution in [0.15, 0.2) is 30.3 Å². The number of carbonyl (C=O) groups is 2. The molecule has 1 amide bonds. The summed E-state index contributed by atoms with van der Waals surface area (Å²) in [6.45, 7) is 10.7. The summed E-state index contributed by atoms with van der Waals surface area (Å²) in [5, 5.41) is 6.07. The van der Waals surface area contributed by atoms with Crippen molar-refractivity contribution in [1.82, 2.24) is 10.6 Å². The highest BCUT2D eigenvalue weighted by molar-refractivity contribution is 5.84. The standard InChI is InChI=1S/C20H32N2O3/c1-6-15(2)18(19(24)25-20(3,4)5)22-17(23)12-13-21-14-16-10-8-7-9-11-16/h7-11,15,18,21H,6,12-14H2,1-5H3,(H,22,23)/t15-,18-/m0/s1. The summed E-state index contributed by atoms with van der Waals surface area (Å²) in [7, 11) is 0. The second-order valence-corrected chi connectivity index (χ2v) is 7.38. The maximum Gasteiger partial charge on any atom is 0.329 e. The van der Waals surface area contributed by atoms with E-state index in [2.05, 4.69) is 10.6 Å². The average molecular weight is 348 g/mol. The molecule has 0 radical (unpaired) electrons. The first-order chi connectivity index (χ1) is 11.7. The van der Waals surface area contributed by atoms with Crippen molar-refractivity contribution in [3.8, 4) is 0 Å². The quantitative estimate of drug-likeness (QED) is 0.532. The van der Waals surface area contributed by atoms with Crippen molar-refractivity contribution in [2.75, 3.05) is 6.54 Å². The molecular formula is C20H32N2O3. The van der Waals surface area contributed by atoms with E-state index in [-0.39, 0.29) is 17.8 Å². The Kier molecular flexibility index (Phi) is 8.62. The van der Waals surface area contributed by atoms with Crippen LogP contribution in [0.2, 0.25) is 0 Å². The lowest BCUT2D eigenvalue weighted by Gasteiger charge is -2.27. The molecule has 2 atom stereocenters. The molecule has 1 aromatic rings. The Balaban J connectivity index is 2.45. The predicted octanol–water partition coefficient (Wildman–Crippen LogP) is 3.04. The molecular weight excluding hydrogens is 316 g/mol. The van der Waals surface area contributed by atoms with E-state index in [0.717, 1.165) is 13.0 Å². The maximum absolute atomic E-state index is 12.4. The molecule has 25 heavy (non-hydrogen) atoms. The SMILES string of the molecule is CC[C@H](C)[C@H](NC(=O)CCNCc1ccccc1)C(=O)OC(C)(C)C. The Hall–Kier alpha value is -1.88. The van der Waals surface area contributed by atoms with E-state index < -0.39 is 11.6 Å². The highest BCUT2D eigenvalue weighted by Crippen LogP contribution is 2.15. The zero-order valence-corrected chi connectivity index (χ0v) is 16.1. The Morgan fingerprint density at radius 3 is 2.36 bits per heavy atom. The zero-order valence-electron chi connectivity index (χ0n) is 16.1. The molecule has 1 aromatic carbocycles. The third kappa shape index (κ3) is 8.68. The minimum Gasteiger partial charge on any atom is -0.458 e. The van der Waals surface area contributed by atoms with Crippen LogP contribution in [-0.4, -0.2) is 30.1 Å². The maximum atomic E-state index is 12.4. The Morgan fingerprint density at radius 1 is 1.16 bits per heavy atom. The van der Waals surface area contributed by atoms with Gasteiger partial charge in [-0.25, -0.2) is 4.79 Å². The smallest absolute Gasteiger partial charge is 0.329 e. The van der Waals surface area contributed by atoms with Crippen LogP contribution < -0.4 is 10.6 Å². The fraction of sp³-hybridized carbons (Fsp3) is 0.600. The van der Waals surface area contributed by atoms with Gasteiger partial charge in [-0.05, 0) is 32.3 Å². The topological polar surface area (TPSA) is 67.4 Å². The van der Waals surface area contributed by atoms with Gasteiger partial charge in [-0.15, -0.1) is 0 Å². The molecule has 0 saturated carbocycles. The van der Waals surface area contributed by atoms with Gasteiger partial charge in [-0.3, -0.25) is 4.79 Å². The van der Waals surface area contributed by atoms with Gasteiger partial charge in [0.15, 0.2) is 0 Å². The fourth-order valence-electron chi connectivity index (χ4n) is 2.31.